The first kappa shape index (κ1) is 19.2. The second kappa shape index (κ2) is 9.39. The summed E-state index contributed by atoms with van der Waals surface area (Å²) in [6.45, 7) is 3.81. The third-order valence-corrected chi connectivity index (χ3v) is 5.48. The van der Waals surface area contributed by atoms with Gasteiger partial charge in [-0.05, 0) is 60.9 Å². The molecule has 132 valence electrons. The molecule has 5 heteroatoms. The molecule has 1 fully saturated rings. The van der Waals surface area contributed by atoms with Gasteiger partial charge in [-0.25, -0.2) is 0 Å². The Labute approximate surface area is 158 Å². The summed E-state index contributed by atoms with van der Waals surface area (Å²) < 4.78 is 0.983. The van der Waals surface area contributed by atoms with Gasteiger partial charge in [-0.1, -0.05) is 38.3 Å². The van der Waals surface area contributed by atoms with Crippen LogP contribution in [-0.4, -0.2) is 23.9 Å². The van der Waals surface area contributed by atoms with Crippen molar-refractivity contribution >= 4 is 40.1 Å². The molecule has 1 saturated carbocycles. The van der Waals surface area contributed by atoms with Crippen molar-refractivity contribution in [2.75, 3.05) is 4.90 Å². The summed E-state index contributed by atoms with van der Waals surface area (Å²) in [6.07, 6.45) is 6.92. The number of halogens is 1. The number of rotatable bonds is 6. The predicted octanol–water partition coefficient (Wildman–Crippen LogP) is 4.26. The fourth-order valence-corrected chi connectivity index (χ4v) is 3.87. The van der Waals surface area contributed by atoms with E-state index >= 15 is 0 Å². The third kappa shape index (κ3) is 4.94. The Balaban J connectivity index is 2.17. The van der Waals surface area contributed by atoms with Gasteiger partial charge >= 0.3 is 0 Å². The maximum atomic E-state index is 12.7. The van der Waals surface area contributed by atoms with E-state index in [1.807, 2.05) is 38.1 Å². The second-order valence-corrected chi connectivity index (χ2v) is 7.65. The minimum Gasteiger partial charge on any atom is -0.352 e. The number of amides is 2. The number of hydrogen-bond acceptors (Lipinski definition) is 2. The molecule has 1 unspecified atom stereocenters. The Morgan fingerprint density at radius 3 is 2.54 bits per heavy atom. The Morgan fingerprint density at radius 2 is 1.92 bits per heavy atom. The molecule has 0 aliphatic heterocycles. The molecular formula is C19H27IN2O2. The number of carbonyl (C=O) groups is 2. The van der Waals surface area contributed by atoms with Gasteiger partial charge in [-0.15, -0.1) is 0 Å². The van der Waals surface area contributed by atoms with Crippen LogP contribution in [0.15, 0.2) is 24.3 Å². The lowest BCUT2D eigenvalue weighted by molar-refractivity contribution is -0.126. The molecule has 1 aromatic rings. The average Bonchev–Trinajstić information content (AvgIpc) is 2.58. The molecule has 1 atom stereocenters. The standard InChI is InChI=1S/C19H27IN2O2/c1-3-9-18(23)22(17-13-8-7-12-16(17)20)14(2)19(24)21-15-10-5-4-6-11-15/h7-8,12-15H,3-6,9-11H2,1-2H3,(H,21,24). The zero-order valence-electron chi connectivity index (χ0n) is 14.6. The highest BCUT2D eigenvalue weighted by atomic mass is 127. The van der Waals surface area contributed by atoms with E-state index in [9.17, 15) is 9.59 Å². The van der Waals surface area contributed by atoms with Crippen LogP contribution in [0, 0.1) is 3.57 Å². The normalized spacial score (nSPS) is 16.5. The average molecular weight is 442 g/mol. The molecular weight excluding hydrogens is 415 g/mol. The van der Waals surface area contributed by atoms with Crippen molar-refractivity contribution in [3.63, 3.8) is 0 Å². The van der Waals surface area contributed by atoms with Crippen LogP contribution in [0.2, 0.25) is 0 Å². The summed E-state index contributed by atoms with van der Waals surface area (Å²) in [4.78, 5) is 27.1. The van der Waals surface area contributed by atoms with Gasteiger partial charge < -0.3 is 5.32 Å². The van der Waals surface area contributed by atoms with Gasteiger partial charge in [-0.3, -0.25) is 14.5 Å². The van der Waals surface area contributed by atoms with E-state index in [1.165, 1.54) is 19.3 Å². The first-order chi connectivity index (χ1) is 11.5. The summed E-state index contributed by atoms with van der Waals surface area (Å²) >= 11 is 2.22. The number of nitrogens with one attached hydrogen (secondary N) is 1. The SMILES string of the molecule is CCCC(=O)N(c1ccccc1I)C(C)C(=O)NC1CCCCC1. The summed E-state index contributed by atoms with van der Waals surface area (Å²) in [6, 6.07) is 7.50. The van der Waals surface area contributed by atoms with Crippen LogP contribution in [-0.2, 0) is 9.59 Å². The molecule has 1 aliphatic rings. The lowest BCUT2D eigenvalue weighted by Gasteiger charge is -2.31. The molecule has 0 saturated heterocycles. The van der Waals surface area contributed by atoms with Crippen molar-refractivity contribution in [3.05, 3.63) is 27.8 Å². The summed E-state index contributed by atoms with van der Waals surface area (Å²) in [7, 11) is 0. The number of benzene rings is 1. The molecule has 0 radical (unpaired) electrons. The first-order valence-electron chi connectivity index (χ1n) is 8.91. The molecule has 1 aromatic carbocycles. The Morgan fingerprint density at radius 1 is 1.25 bits per heavy atom. The Kier molecular flexibility index (Phi) is 7.52. The van der Waals surface area contributed by atoms with Gasteiger partial charge in [0.25, 0.3) is 0 Å². The van der Waals surface area contributed by atoms with E-state index < -0.39 is 6.04 Å². The third-order valence-electron chi connectivity index (χ3n) is 4.56. The molecule has 2 rings (SSSR count). The van der Waals surface area contributed by atoms with Crippen LogP contribution < -0.4 is 10.2 Å². The minimum atomic E-state index is -0.498. The van der Waals surface area contributed by atoms with Crippen LogP contribution in [0.1, 0.15) is 58.8 Å². The highest BCUT2D eigenvalue weighted by Crippen LogP contribution is 2.26. The molecule has 0 bridgehead atoms. The summed E-state index contributed by atoms with van der Waals surface area (Å²) in [5.41, 5.74) is 0.822. The number of anilines is 1. The van der Waals surface area contributed by atoms with Crippen molar-refractivity contribution in [1.29, 1.82) is 0 Å². The van der Waals surface area contributed by atoms with Crippen molar-refractivity contribution in [1.82, 2.24) is 5.32 Å². The lowest BCUT2D eigenvalue weighted by atomic mass is 9.95. The molecule has 4 nitrogen and oxygen atoms in total. The monoisotopic (exact) mass is 442 g/mol. The molecule has 1 aliphatic carbocycles. The van der Waals surface area contributed by atoms with Crippen LogP contribution >= 0.6 is 22.6 Å². The minimum absolute atomic E-state index is 0.00732. The second-order valence-electron chi connectivity index (χ2n) is 6.48. The Bertz CT molecular complexity index is 570. The van der Waals surface area contributed by atoms with Crippen molar-refractivity contribution in [3.8, 4) is 0 Å². The van der Waals surface area contributed by atoms with Gasteiger partial charge in [0, 0.05) is 16.0 Å². The van der Waals surface area contributed by atoms with E-state index in [0.717, 1.165) is 28.5 Å². The number of hydrogen-bond donors (Lipinski definition) is 1. The van der Waals surface area contributed by atoms with Crippen molar-refractivity contribution in [2.24, 2.45) is 0 Å². The van der Waals surface area contributed by atoms with Gasteiger partial charge in [0.1, 0.15) is 6.04 Å². The van der Waals surface area contributed by atoms with E-state index in [2.05, 4.69) is 27.9 Å². The molecule has 0 aromatic heterocycles. The van der Waals surface area contributed by atoms with Gasteiger partial charge in [0.15, 0.2) is 0 Å². The lowest BCUT2D eigenvalue weighted by Crippen LogP contribution is -2.51. The maximum Gasteiger partial charge on any atom is 0.243 e. The predicted molar refractivity (Wildman–Crippen MR) is 106 cm³/mol. The molecule has 2 amide bonds. The van der Waals surface area contributed by atoms with Gasteiger partial charge in [0.2, 0.25) is 11.8 Å². The van der Waals surface area contributed by atoms with E-state index in [4.69, 9.17) is 0 Å². The summed E-state index contributed by atoms with van der Waals surface area (Å²) in [5, 5.41) is 3.15. The highest BCUT2D eigenvalue weighted by molar-refractivity contribution is 14.1. The van der Waals surface area contributed by atoms with Crippen molar-refractivity contribution < 1.29 is 9.59 Å². The highest BCUT2D eigenvalue weighted by Gasteiger charge is 2.29. The number of para-hydroxylation sites is 1. The van der Waals surface area contributed by atoms with Crippen molar-refractivity contribution in [2.45, 2.75) is 70.9 Å². The zero-order valence-corrected chi connectivity index (χ0v) is 16.7. The van der Waals surface area contributed by atoms with Gasteiger partial charge in [0.05, 0.1) is 5.69 Å². The fourth-order valence-electron chi connectivity index (χ4n) is 3.23. The fraction of sp³-hybridized carbons (Fsp3) is 0.579. The summed E-state index contributed by atoms with van der Waals surface area (Å²) in [5.74, 6) is -0.0427. The largest absolute Gasteiger partial charge is 0.352 e. The van der Waals surface area contributed by atoms with Gasteiger partial charge in [-0.2, -0.15) is 0 Å². The Hall–Kier alpha value is -1.11. The number of nitrogens with zero attached hydrogens (tertiary/aromatic N) is 1. The molecule has 0 heterocycles. The topological polar surface area (TPSA) is 49.4 Å². The smallest absolute Gasteiger partial charge is 0.243 e. The van der Waals surface area contributed by atoms with E-state index in [0.29, 0.717) is 6.42 Å². The molecule has 1 N–H and O–H groups in total. The maximum absolute atomic E-state index is 12.7. The zero-order chi connectivity index (χ0) is 17.5. The quantitative estimate of drug-likeness (QED) is 0.670. The van der Waals surface area contributed by atoms with Crippen LogP contribution in [0.3, 0.4) is 0 Å². The van der Waals surface area contributed by atoms with Crippen LogP contribution in [0.25, 0.3) is 0 Å². The molecule has 24 heavy (non-hydrogen) atoms. The first-order valence-corrected chi connectivity index (χ1v) is 9.99. The van der Waals surface area contributed by atoms with Crippen LogP contribution in [0.5, 0.6) is 0 Å². The number of carbonyl (C=O) groups excluding carboxylic acids is 2. The van der Waals surface area contributed by atoms with E-state index in [-0.39, 0.29) is 17.9 Å². The van der Waals surface area contributed by atoms with E-state index in [1.54, 1.807) is 4.90 Å². The molecule has 0 spiro atoms. The van der Waals surface area contributed by atoms with Crippen LogP contribution in [0.4, 0.5) is 5.69 Å².